The number of fused-ring (bicyclic) bond motifs is 1. The van der Waals surface area contributed by atoms with E-state index in [1.807, 2.05) is 30.9 Å². The average Bonchev–Trinajstić information content (AvgIpc) is 2.48. The number of aromatic nitrogens is 1. The topological polar surface area (TPSA) is 17.0 Å². The van der Waals surface area contributed by atoms with E-state index in [1.54, 1.807) is 0 Å². The van der Waals surface area contributed by atoms with Gasteiger partial charge in [-0.15, -0.1) is 0 Å². The highest BCUT2D eigenvalue weighted by Crippen LogP contribution is 2.25. The number of nitrogens with one attached hydrogen (secondary N) is 1. The smallest absolute Gasteiger partial charge is 0.0667 e. The Morgan fingerprint density at radius 2 is 2.21 bits per heavy atom. The normalized spacial score (nSPS) is 11.1. The predicted octanol–water partition coefficient (Wildman–Crippen LogP) is 2.55. The van der Waals surface area contributed by atoms with Crippen LogP contribution in [-0.4, -0.2) is 11.6 Å². The van der Waals surface area contributed by atoms with Crippen molar-refractivity contribution in [3.63, 3.8) is 0 Å². The summed E-state index contributed by atoms with van der Waals surface area (Å²) in [6.45, 7) is 0.852. The van der Waals surface area contributed by atoms with Crippen LogP contribution in [-0.2, 0) is 13.6 Å². The van der Waals surface area contributed by atoms with Crippen LogP contribution in [0, 0.1) is 0 Å². The Morgan fingerprint density at radius 1 is 1.43 bits per heavy atom. The summed E-state index contributed by atoms with van der Waals surface area (Å²) in [6.07, 6.45) is 2.03. The zero-order valence-electron chi connectivity index (χ0n) is 8.34. The van der Waals surface area contributed by atoms with E-state index in [0.717, 1.165) is 17.1 Å². The highest BCUT2D eigenvalue weighted by atomic mass is 35.5. The van der Waals surface area contributed by atoms with Crippen molar-refractivity contribution in [1.29, 1.82) is 0 Å². The molecule has 74 valence electrons. The fraction of sp³-hybridized carbons (Fsp3) is 0.273. The molecule has 1 N–H and O–H groups in total. The fourth-order valence-electron chi connectivity index (χ4n) is 1.75. The second-order valence-electron chi connectivity index (χ2n) is 3.47. The summed E-state index contributed by atoms with van der Waals surface area (Å²) in [7, 11) is 3.94. The zero-order valence-corrected chi connectivity index (χ0v) is 9.10. The van der Waals surface area contributed by atoms with Gasteiger partial charge in [0.25, 0.3) is 0 Å². The lowest BCUT2D eigenvalue weighted by molar-refractivity contribution is 0.819. The first-order chi connectivity index (χ1) is 6.72. The van der Waals surface area contributed by atoms with Crippen molar-refractivity contribution in [3.8, 4) is 0 Å². The summed E-state index contributed by atoms with van der Waals surface area (Å²) in [5, 5.41) is 5.14. The van der Waals surface area contributed by atoms with Crippen LogP contribution >= 0.6 is 11.6 Å². The molecule has 0 aliphatic carbocycles. The molecular weight excluding hydrogens is 196 g/mol. The molecule has 2 rings (SSSR count). The third-order valence-electron chi connectivity index (χ3n) is 2.36. The molecule has 0 fully saturated rings. The quantitative estimate of drug-likeness (QED) is 0.803. The largest absolute Gasteiger partial charge is 0.349 e. The lowest BCUT2D eigenvalue weighted by Crippen LogP contribution is -2.04. The number of hydrogen-bond donors (Lipinski definition) is 1. The second-order valence-corrected chi connectivity index (χ2v) is 3.88. The van der Waals surface area contributed by atoms with Gasteiger partial charge in [-0.25, -0.2) is 0 Å². The van der Waals surface area contributed by atoms with Crippen molar-refractivity contribution in [2.45, 2.75) is 6.54 Å². The van der Waals surface area contributed by atoms with Gasteiger partial charge in [-0.2, -0.15) is 0 Å². The summed E-state index contributed by atoms with van der Waals surface area (Å²) >= 11 is 6.20. The minimum absolute atomic E-state index is 0.820. The third kappa shape index (κ3) is 1.51. The number of aryl methyl sites for hydroxylation is 1. The molecule has 0 aliphatic rings. The van der Waals surface area contributed by atoms with Crippen LogP contribution < -0.4 is 5.32 Å². The molecule has 1 heterocycles. The number of benzene rings is 1. The molecule has 0 spiro atoms. The molecule has 1 aromatic carbocycles. The molecule has 2 aromatic rings. The molecule has 1 aromatic heterocycles. The Labute approximate surface area is 88.5 Å². The highest BCUT2D eigenvalue weighted by molar-refractivity contribution is 6.35. The van der Waals surface area contributed by atoms with Crippen LogP contribution in [0.5, 0.6) is 0 Å². The Balaban J connectivity index is 2.62. The minimum atomic E-state index is 0.820. The second kappa shape index (κ2) is 3.64. The monoisotopic (exact) mass is 208 g/mol. The predicted molar refractivity (Wildman–Crippen MR) is 60.7 cm³/mol. The van der Waals surface area contributed by atoms with E-state index in [4.69, 9.17) is 11.6 Å². The van der Waals surface area contributed by atoms with Crippen LogP contribution in [0.1, 0.15) is 5.56 Å². The summed E-state index contributed by atoms with van der Waals surface area (Å²) in [5.41, 5.74) is 2.32. The Kier molecular flexibility index (Phi) is 2.48. The molecule has 0 saturated carbocycles. The van der Waals surface area contributed by atoms with Crippen molar-refractivity contribution in [3.05, 3.63) is 35.0 Å². The molecule has 0 amide bonds. The first-order valence-corrected chi connectivity index (χ1v) is 4.98. The van der Waals surface area contributed by atoms with Crippen molar-refractivity contribution >= 4 is 22.5 Å². The van der Waals surface area contributed by atoms with Gasteiger partial charge >= 0.3 is 0 Å². The van der Waals surface area contributed by atoms with Crippen molar-refractivity contribution in [2.24, 2.45) is 7.05 Å². The maximum atomic E-state index is 6.20. The van der Waals surface area contributed by atoms with Gasteiger partial charge < -0.3 is 9.88 Å². The number of hydrogen-bond acceptors (Lipinski definition) is 1. The molecule has 0 aliphatic heterocycles. The van der Waals surface area contributed by atoms with Gasteiger partial charge in [-0.3, -0.25) is 0 Å². The molecule has 0 radical (unpaired) electrons. The third-order valence-corrected chi connectivity index (χ3v) is 2.65. The van der Waals surface area contributed by atoms with Gasteiger partial charge in [-0.05, 0) is 30.8 Å². The molecule has 0 bridgehead atoms. The van der Waals surface area contributed by atoms with E-state index in [2.05, 4.69) is 17.4 Å². The molecule has 2 nitrogen and oxygen atoms in total. The summed E-state index contributed by atoms with van der Waals surface area (Å²) < 4.78 is 2.04. The van der Waals surface area contributed by atoms with Gasteiger partial charge in [-0.1, -0.05) is 11.6 Å². The molecule has 0 unspecified atom stereocenters. The van der Waals surface area contributed by atoms with Crippen LogP contribution in [0.3, 0.4) is 0 Å². The van der Waals surface area contributed by atoms with Crippen LogP contribution in [0.15, 0.2) is 24.4 Å². The highest BCUT2D eigenvalue weighted by Gasteiger charge is 2.04. The summed E-state index contributed by atoms with van der Waals surface area (Å²) in [4.78, 5) is 0. The van der Waals surface area contributed by atoms with E-state index in [9.17, 15) is 0 Å². The van der Waals surface area contributed by atoms with Gasteiger partial charge in [0.05, 0.1) is 10.5 Å². The summed E-state index contributed by atoms with van der Waals surface area (Å²) in [5.74, 6) is 0. The van der Waals surface area contributed by atoms with E-state index >= 15 is 0 Å². The molecule has 3 heteroatoms. The molecular formula is C11H13ClN2. The van der Waals surface area contributed by atoms with E-state index in [1.165, 1.54) is 10.9 Å². The van der Waals surface area contributed by atoms with Crippen molar-refractivity contribution in [1.82, 2.24) is 9.88 Å². The lowest BCUT2D eigenvalue weighted by Gasteiger charge is -2.04. The van der Waals surface area contributed by atoms with E-state index in [-0.39, 0.29) is 0 Å². The lowest BCUT2D eigenvalue weighted by atomic mass is 10.1. The fourth-order valence-corrected chi connectivity index (χ4v) is 2.13. The molecule has 14 heavy (non-hydrogen) atoms. The standard InChI is InChI=1S/C11H13ClN2/c1-13-7-8-5-9-3-4-14(2)11(9)10(12)6-8/h3-6,13H,7H2,1-2H3. The number of halogens is 1. The van der Waals surface area contributed by atoms with E-state index < -0.39 is 0 Å². The van der Waals surface area contributed by atoms with Crippen molar-refractivity contribution < 1.29 is 0 Å². The minimum Gasteiger partial charge on any atom is -0.349 e. The van der Waals surface area contributed by atoms with E-state index in [0.29, 0.717) is 0 Å². The van der Waals surface area contributed by atoms with Gasteiger partial charge in [0, 0.05) is 25.2 Å². The summed E-state index contributed by atoms with van der Waals surface area (Å²) in [6, 6.07) is 6.26. The maximum Gasteiger partial charge on any atom is 0.0667 e. The van der Waals surface area contributed by atoms with Crippen LogP contribution in [0.4, 0.5) is 0 Å². The first-order valence-electron chi connectivity index (χ1n) is 4.60. The van der Waals surface area contributed by atoms with Gasteiger partial charge in [0.2, 0.25) is 0 Å². The van der Waals surface area contributed by atoms with Crippen molar-refractivity contribution in [2.75, 3.05) is 7.05 Å². The maximum absolute atomic E-state index is 6.20. The average molecular weight is 209 g/mol. The van der Waals surface area contributed by atoms with Crippen LogP contribution in [0.25, 0.3) is 10.9 Å². The Bertz CT molecular complexity index is 460. The molecule has 0 saturated heterocycles. The first kappa shape index (κ1) is 9.56. The Hall–Kier alpha value is -0.990. The number of rotatable bonds is 2. The Morgan fingerprint density at radius 3 is 2.93 bits per heavy atom. The number of nitrogens with zero attached hydrogens (tertiary/aromatic N) is 1. The van der Waals surface area contributed by atoms with Crippen LogP contribution in [0.2, 0.25) is 5.02 Å². The molecule has 0 atom stereocenters. The van der Waals surface area contributed by atoms with Gasteiger partial charge in [0.15, 0.2) is 0 Å². The SMILES string of the molecule is CNCc1cc(Cl)c2c(ccn2C)c1. The zero-order chi connectivity index (χ0) is 10.1. The van der Waals surface area contributed by atoms with Gasteiger partial charge in [0.1, 0.15) is 0 Å².